The molecule has 0 spiro atoms. The summed E-state index contributed by atoms with van der Waals surface area (Å²) in [6, 6.07) is 0. The number of carboxylic acids is 1. The zero-order valence-corrected chi connectivity index (χ0v) is 40.8. The second-order valence-corrected chi connectivity index (χ2v) is 18.6. The Bertz CT molecular complexity index is 1650. The number of nitrogens with zero attached hydrogens (tertiary/aromatic N) is 2. The van der Waals surface area contributed by atoms with Crippen molar-refractivity contribution in [1.82, 2.24) is 14.3 Å². The van der Waals surface area contributed by atoms with Crippen LogP contribution in [0.2, 0.25) is 0 Å². The van der Waals surface area contributed by atoms with E-state index in [0.29, 0.717) is 6.54 Å². The zero-order chi connectivity index (χ0) is 54.7. The van der Waals surface area contributed by atoms with Gasteiger partial charge < -0.3 is 29.8 Å². The van der Waals surface area contributed by atoms with E-state index in [1.165, 1.54) is 14.1 Å². The summed E-state index contributed by atoms with van der Waals surface area (Å²) in [5.74, 6) is -11.6. The molecule has 0 aliphatic heterocycles. The molecule has 0 bridgehead atoms. The number of nitrogens with one attached hydrogen (secondary N) is 2. The first-order valence-electron chi connectivity index (χ1n) is 18.2. The van der Waals surface area contributed by atoms with Crippen LogP contribution in [0.25, 0.3) is 0 Å². The van der Waals surface area contributed by atoms with Crippen molar-refractivity contribution in [3.05, 3.63) is 0 Å². The van der Waals surface area contributed by atoms with Gasteiger partial charge in [0.25, 0.3) is 17.4 Å². The van der Waals surface area contributed by atoms with Gasteiger partial charge in [0, 0.05) is 39.0 Å². The molecule has 0 aromatic carbocycles. The van der Waals surface area contributed by atoms with Crippen molar-refractivity contribution >= 4 is 43.7 Å². The Morgan fingerprint density at radius 1 is 0.632 bits per heavy atom. The van der Waals surface area contributed by atoms with Gasteiger partial charge >= 0.3 is 66.6 Å². The molecule has 0 aromatic rings. The summed E-state index contributed by atoms with van der Waals surface area (Å²) in [7, 11) is -3.31. The van der Waals surface area contributed by atoms with Crippen LogP contribution >= 0.6 is 11.6 Å². The van der Waals surface area contributed by atoms with Gasteiger partial charge in [-0.2, -0.15) is 79.0 Å². The van der Waals surface area contributed by atoms with E-state index in [4.69, 9.17) is 15.0 Å². The van der Waals surface area contributed by atoms with E-state index >= 15 is 0 Å². The molecule has 0 fully saturated rings. The van der Waals surface area contributed by atoms with E-state index in [0.717, 1.165) is 0 Å². The van der Waals surface area contributed by atoms with Crippen molar-refractivity contribution in [1.29, 1.82) is 0 Å². The third-order valence-corrected chi connectivity index (χ3v) is 11.2. The first kappa shape index (κ1) is 75.5. The number of aliphatic hydroxyl groups excluding tert-OH is 1. The molecule has 0 rings (SSSR count). The number of alkyl halides is 21. The SMILES string of the molecule is CCO.CN(C)CCCNS(=O)(=O)CCC(CC(F)(C(F)(F)F)C(F)(F)F)C(F)(F)F.C[N+](C)(CCCNS(=O)(=O)CCC(CC(F)(C(F)(F)F)C(F)(F)F)C(F)(F)F)C(=O)[O-].O=C([O-])CCl.[Na+]. The zero-order valence-electron chi connectivity index (χ0n) is 36.4. The summed E-state index contributed by atoms with van der Waals surface area (Å²) in [6.07, 6.45) is -49.1. The minimum Gasteiger partial charge on any atom is -0.549 e. The second-order valence-electron chi connectivity index (χ2n) is 14.5. The second kappa shape index (κ2) is 29.9. The van der Waals surface area contributed by atoms with Crippen LogP contribution < -0.4 is 49.2 Å². The van der Waals surface area contributed by atoms with Gasteiger partial charge in [0.05, 0.1) is 55.8 Å². The summed E-state index contributed by atoms with van der Waals surface area (Å²) in [5.41, 5.74) is -12.3. The van der Waals surface area contributed by atoms with Gasteiger partial charge in [-0.25, -0.2) is 35.1 Å². The molecule has 0 aromatic heterocycles. The van der Waals surface area contributed by atoms with Crippen molar-refractivity contribution < 1.29 is 164 Å². The average molecular weight is 1120 g/mol. The molecule has 2 atom stereocenters. The predicted octanol–water partition coefficient (Wildman–Crippen LogP) is 2.13. The number of quaternary nitrogens is 1. The predicted molar refractivity (Wildman–Crippen MR) is 192 cm³/mol. The Balaban J connectivity index is -0.000000332. The van der Waals surface area contributed by atoms with Gasteiger partial charge in [0.2, 0.25) is 20.0 Å². The number of carbonyl (C=O) groups excluding carboxylic acids is 2. The molecule has 68 heavy (non-hydrogen) atoms. The number of aliphatic carboxylic acids is 1. The molecule has 13 nitrogen and oxygen atoms in total. The number of hydrogen-bond acceptors (Lipinski definition) is 10. The van der Waals surface area contributed by atoms with Crippen molar-refractivity contribution in [2.45, 2.75) is 93.8 Å². The van der Waals surface area contributed by atoms with Crippen LogP contribution in [-0.2, 0) is 24.8 Å². The number of halogens is 21. The Morgan fingerprint density at radius 2 is 0.897 bits per heavy atom. The Hall–Kier alpha value is -1.47. The maximum absolute atomic E-state index is 13.7. The van der Waals surface area contributed by atoms with Gasteiger partial charge in [0.1, 0.15) is 0 Å². The van der Waals surface area contributed by atoms with Crippen LogP contribution in [0.4, 0.5) is 92.6 Å². The normalized spacial score (nSPS) is 14.5. The molecule has 37 heteroatoms. The number of rotatable bonds is 21. The van der Waals surface area contributed by atoms with E-state index in [1.54, 1.807) is 30.6 Å². The van der Waals surface area contributed by atoms with E-state index in [9.17, 15) is 115 Å². The van der Waals surface area contributed by atoms with Gasteiger partial charge in [0.15, 0.2) is 0 Å². The third kappa shape index (κ3) is 29.8. The summed E-state index contributed by atoms with van der Waals surface area (Å²) in [4.78, 5) is 21.6. The fraction of sp³-hybridized carbons (Fsp3) is 0.935. The van der Waals surface area contributed by atoms with Crippen LogP contribution in [0.15, 0.2) is 0 Å². The van der Waals surface area contributed by atoms with Crippen molar-refractivity contribution in [2.75, 3.05) is 78.4 Å². The van der Waals surface area contributed by atoms with Crippen molar-refractivity contribution in [2.24, 2.45) is 11.8 Å². The molecule has 1 amide bonds. The summed E-state index contributed by atoms with van der Waals surface area (Å²) >= 11 is 4.67. The molecular weight excluding hydrogens is 1070 g/mol. The number of carboxylic acid groups (broad SMARTS) is 2. The fourth-order valence-corrected chi connectivity index (χ4v) is 6.77. The molecule has 0 aliphatic carbocycles. The van der Waals surface area contributed by atoms with E-state index in [1.807, 2.05) is 4.72 Å². The minimum atomic E-state index is -6.71. The Labute approximate surface area is 404 Å². The molecule has 2 unspecified atom stereocenters. The molecule has 0 radical (unpaired) electrons. The average Bonchev–Trinajstić information content (AvgIpc) is 3.09. The van der Waals surface area contributed by atoms with E-state index < -0.39 is 146 Å². The number of aliphatic hydroxyl groups is 1. The summed E-state index contributed by atoms with van der Waals surface area (Å²) in [5, 5.41) is 27.5. The van der Waals surface area contributed by atoms with Crippen LogP contribution in [0, 0.1) is 11.8 Å². The number of hydrogen-bond donors (Lipinski definition) is 3. The van der Waals surface area contributed by atoms with Crippen LogP contribution in [-0.4, -0.2) is 170 Å². The third-order valence-electron chi connectivity index (χ3n) is 8.17. The van der Waals surface area contributed by atoms with Crippen LogP contribution in [0.5, 0.6) is 0 Å². The summed E-state index contributed by atoms with van der Waals surface area (Å²) in [6.45, 7) is 1.49. The van der Waals surface area contributed by atoms with Gasteiger partial charge in [-0.3, -0.25) is 4.48 Å². The van der Waals surface area contributed by atoms with Crippen LogP contribution in [0.1, 0.15) is 45.4 Å². The monoisotopic (exact) mass is 1120 g/mol. The van der Waals surface area contributed by atoms with Gasteiger partial charge in [-0.1, -0.05) is 0 Å². The maximum Gasteiger partial charge on any atom is 1.00 e. The Morgan fingerprint density at radius 3 is 1.10 bits per heavy atom. The fourth-order valence-electron chi connectivity index (χ4n) is 4.38. The van der Waals surface area contributed by atoms with Crippen LogP contribution in [0.3, 0.4) is 0 Å². The number of sulfonamides is 2. The largest absolute Gasteiger partial charge is 1.00 e. The molecule has 0 saturated carbocycles. The topological polar surface area (TPSA) is 196 Å². The Kier molecular flexibility index (Phi) is 33.2. The van der Waals surface area contributed by atoms with E-state index in [-0.39, 0.29) is 62.1 Å². The molecular formula is C31H48ClF20N4NaO9S2. The molecule has 0 aliphatic rings. The standard InChI is InChI=1S/C14H20F10N2O4S.C13H20F10N2O2S.C2H3ClO2.C2H6O.Na/c1-26(2,10(27)28)6-3-5-25-31(29,30)7-4-9(12(16,17)18)8-11(15,13(19,20)21)14(22,23)24;1-25(2)6-3-5-24-28(26,27)7-4-9(11(15,16)17)8-10(14,12(18,19)20)13(21,22)23;3-1-2(4)5;1-2-3;/h9,25H,3-8H2,1-2H3;9,24H,3-8H2,1-2H3;1H2,(H,4,5);3H,2H2,1H3;/q;;;;+1/p-1. The maximum atomic E-state index is 13.7. The summed E-state index contributed by atoms with van der Waals surface area (Å²) < 4.78 is 305. The molecule has 3 N–H and O–H groups in total. The quantitative estimate of drug-likeness (QED) is 0.0504. The van der Waals surface area contributed by atoms with Gasteiger partial charge in [-0.15, -0.1) is 11.6 Å². The smallest absolute Gasteiger partial charge is 0.549 e. The van der Waals surface area contributed by atoms with Crippen molar-refractivity contribution in [3.63, 3.8) is 0 Å². The first-order chi connectivity index (χ1) is 29.4. The number of amides is 1. The van der Waals surface area contributed by atoms with Gasteiger partial charge in [-0.05, 0) is 46.8 Å². The molecule has 0 saturated heterocycles. The molecule has 0 heterocycles. The van der Waals surface area contributed by atoms with E-state index in [2.05, 4.69) is 11.6 Å². The molecule has 406 valence electrons. The first-order valence-corrected chi connectivity index (χ1v) is 22.0. The minimum absolute atomic E-state index is 0. The van der Waals surface area contributed by atoms with Crippen molar-refractivity contribution in [3.8, 4) is 0 Å². The number of carbonyl (C=O) groups is 2.